The highest BCUT2D eigenvalue weighted by atomic mass is 35.5. The van der Waals surface area contributed by atoms with Crippen LogP contribution in [0.1, 0.15) is 18.0 Å². The molecule has 0 bridgehead atoms. The molecular weight excluding hydrogens is 412 g/mol. The van der Waals surface area contributed by atoms with Crippen molar-refractivity contribution in [3.63, 3.8) is 0 Å². The summed E-state index contributed by atoms with van der Waals surface area (Å²) in [6.45, 7) is 3.99. The molecule has 4 rings (SSSR count). The van der Waals surface area contributed by atoms with Gasteiger partial charge in [0.15, 0.2) is 11.5 Å². The van der Waals surface area contributed by atoms with Crippen LogP contribution in [0.5, 0.6) is 23.0 Å². The molecule has 0 saturated carbocycles. The van der Waals surface area contributed by atoms with Crippen molar-refractivity contribution >= 4 is 12.4 Å². The third-order valence-corrected chi connectivity index (χ3v) is 5.29. The number of ether oxygens (including phenoxy) is 2. The van der Waals surface area contributed by atoms with Gasteiger partial charge in [0.2, 0.25) is 0 Å². The molecule has 0 unspecified atom stereocenters. The number of piperazine rings is 1. The van der Waals surface area contributed by atoms with E-state index in [9.17, 15) is 5.11 Å². The Hall–Kier alpha value is -2.57. The van der Waals surface area contributed by atoms with Crippen LogP contribution in [0.25, 0.3) is 0 Å². The van der Waals surface area contributed by atoms with Gasteiger partial charge in [0, 0.05) is 38.8 Å². The average molecular weight is 441 g/mol. The minimum Gasteiger partial charge on any atom is -0.453 e. The number of nitrogens with one attached hydrogen (secondary N) is 1. The number of halogens is 1. The number of hydrogen-bond donors (Lipinski definition) is 2. The first kappa shape index (κ1) is 23.1. The number of aliphatic hydroxyl groups is 1. The van der Waals surface area contributed by atoms with Crippen LogP contribution in [-0.2, 0) is 0 Å². The third-order valence-electron chi connectivity index (χ3n) is 5.29. The molecule has 164 valence electrons. The Morgan fingerprint density at radius 1 is 0.806 bits per heavy atom. The van der Waals surface area contributed by atoms with Crippen molar-refractivity contribution in [1.29, 1.82) is 0 Å². The Morgan fingerprint density at radius 2 is 1.39 bits per heavy atom. The summed E-state index contributed by atoms with van der Waals surface area (Å²) in [4.78, 5) is 2.42. The van der Waals surface area contributed by atoms with E-state index < -0.39 is 0 Å². The summed E-state index contributed by atoms with van der Waals surface area (Å²) in [5.41, 5.74) is 1.12. The minimum atomic E-state index is 0. The van der Waals surface area contributed by atoms with Crippen molar-refractivity contribution in [3.8, 4) is 23.0 Å². The molecule has 1 heterocycles. The molecule has 1 saturated heterocycles. The van der Waals surface area contributed by atoms with Crippen LogP contribution >= 0.6 is 12.4 Å². The predicted molar refractivity (Wildman–Crippen MR) is 126 cm³/mol. The molecule has 6 heteroatoms. The zero-order valence-electron chi connectivity index (χ0n) is 17.4. The molecular formula is C25H29ClN2O3. The highest BCUT2D eigenvalue weighted by Gasteiger charge is 2.23. The fourth-order valence-corrected chi connectivity index (χ4v) is 3.80. The van der Waals surface area contributed by atoms with Crippen molar-refractivity contribution in [2.24, 2.45) is 0 Å². The van der Waals surface area contributed by atoms with Crippen LogP contribution in [0.3, 0.4) is 0 Å². The zero-order chi connectivity index (χ0) is 20.6. The standard InChI is InChI=1S/C25H28N2O3.ClH/c28-18-13-23(27-16-14-26-15-17-27)20-11-12-24(29-21-7-3-1-4-8-21)25(19-20)30-22-9-5-2-6-10-22;/h1-12,19,23,26,28H,13-18H2;1H/t23-;/m1./s1. The zero-order valence-corrected chi connectivity index (χ0v) is 18.3. The van der Waals surface area contributed by atoms with E-state index in [2.05, 4.69) is 16.3 Å². The summed E-state index contributed by atoms with van der Waals surface area (Å²) in [5.74, 6) is 2.85. The molecule has 3 aromatic carbocycles. The maximum Gasteiger partial charge on any atom is 0.170 e. The van der Waals surface area contributed by atoms with Gasteiger partial charge in [-0.25, -0.2) is 0 Å². The number of nitrogens with zero attached hydrogens (tertiary/aromatic N) is 1. The summed E-state index contributed by atoms with van der Waals surface area (Å²) in [6, 6.07) is 25.7. The normalized spacial score (nSPS) is 15.0. The average Bonchev–Trinajstić information content (AvgIpc) is 2.81. The molecule has 1 aliphatic rings. The number of benzene rings is 3. The van der Waals surface area contributed by atoms with E-state index in [1.54, 1.807) is 0 Å². The lowest BCUT2D eigenvalue weighted by Crippen LogP contribution is -2.45. The second-order valence-corrected chi connectivity index (χ2v) is 7.35. The van der Waals surface area contributed by atoms with E-state index in [-0.39, 0.29) is 25.1 Å². The molecule has 5 nitrogen and oxygen atoms in total. The Morgan fingerprint density at radius 3 is 1.97 bits per heavy atom. The Bertz CT molecular complexity index is 919. The smallest absolute Gasteiger partial charge is 0.170 e. The Kier molecular flexibility index (Phi) is 8.74. The summed E-state index contributed by atoms with van der Waals surface area (Å²) >= 11 is 0. The van der Waals surface area contributed by atoms with Crippen molar-refractivity contribution in [2.45, 2.75) is 12.5 Å². The van der Waals surface area contributed by atoms with Crippen LogP contribution in [0.4, 0.5) is 0 Å². The van der Waals surface area contributed by atoms with Gasteiger partial charge in [-0.2, -0.15) is 0 Å². The first-order valence-corrected chi connectivity index (χ1v) is 10.5. The molecule has 2 N–H and O–H groups in total. The SMILES string of the molecule is Cl.OCC[C@H](c1ccc(Oc2ccccc2)c(Oc2ccccc2)c1)N1CCNCC1. The van der Waals surface area contributed by atoms with Gasteiger partial charge in [0.1, 0.15) is 11.5 Å². The van der Waals surface area contributed by atoms with Crippen molar-refractivity contribution in [1.82, 2.24) is 10.2 Å². The monoisotopic (exact) mass is 440 g/mol. The Balaban J connectivity index is 0.00000272. The van der Waals surface area contributed by atoms with Gasteiger partial charge in [-0.3, -0.25) is 4.90 Å². The first-order valence-electron chi connectivity index (χ1n) is 10.5. The summed E-state index contributed by atoms with van der Waals surface area (Å²) in [6.07, 6.45) is 0.684. The fourth-order valence-electron chi connectivity index (χ4n) is 3.80. The van der Waals surface area contributed by atoms with Crippen LogP contribution in [0.15, 0.2) is 78.9 Å². The lowest BCUT2D eigenvalue weighted by Gasteiger charge is -2.35. The largest absolute Gasteiger partial charge is 0.453 e. The summed E-state index contributed by atoms with van der Waals surface area (Å²) in [7, 11) is 0. The molecule has 1 fully saturated rings. The maximum absolute atomic E-state index is 9.68. The van der Waals surface area contributed by atoms with E-state index in [4.69, 9.17) is 9.47 Å². The van der Waals surface area contributed by atoms with Gasteiger partial charge in [0.05, 0.1) is 0 Å². The van der Waals surface area contributed by atoms with Crippen LogP contribution in [0, 0.1) is 0 Å². The number of para-hydroxylation sites is 2. The number of hydrogen-bond acceptors (Lipinski definition) is 5. The molecule has 31 heavy (non-hydrogen) atoms. The van der Waals surface area contributed by atoms with Gasteiger partial charge in [0.25, 0.3) is 0 Å². The van der Waals surface area contributed by atoms with E-state index >= 15 is 0 Å². The van der Waals surface area contributed by atoms with Gasteiger partial charge >= 0.3 is 0 Å². The molecule has 0 radical (unpaired) electrons. The lowest BCUT2D eigenvalue weighted by molar-refractivity contribution is 0.141. The van der Waals surface area contributed by atoms with Crippen LogP contribution in [-0.4, -0.2) is 42.8 Å². The molecule has 3 aromatic rings. The number of aliphatic hydroxyl groups excluding tert-OH is 1. The van der Waals surface area contributed by atoms with Crippen molar-refractivity contribution in [3.05, 3.63) is 84.4 Å². The van der Waals surface area contributed by atoms with E-state index in [1.165, 1.54) is 0 Å². The topological polar surface area (TPSA) is 54.0 Å². The Labute approximate surface area is 190 Å². The second kappa shape index (κ2) is 11.7. The highest BCUT2D eigenvalue weighted by molar-refractivity contribution is 5.85. The first-order chi connectivity index (χ1) is 14.8. The van der Waals surface area contributed by atoms with Gasteiger partial charge in [-0.15, -0.1) is 12.4 Å². The maximum atomic E-state index is 9.68. The van der Waals surface area contributed by atoms with E-state index in [0.717, 1.165) is 43.2 Å². The summed E-state index contributed by atoms with van der Waals surface area (Å²) in [5, 5.41) is 13.1. The van der Waals surface area contributed by atoms with E-state index in [1.807, 2.05) is 72.8 Å². The molecule has 0 aliphatic carbocycles. The highest BCUT2D eigenvalue weighted by Crippen LogP contribution is 2.38. The van der Waals surface area contributed by atoms with Crippen LogP contribution in [0.2, 0.25) is 0 Å². The van der Waals surface area contributed by atoms with Gasteiger partial charge in [-0.05, 0) is 48.4 Å². The molecule has 1 atom stereocenters. The van der Waals surface area contributed by atoms with Crippen molar-refractivity contribution < 1.29 is 14.6 Å². The van der Waals surface area contributed by atoms with Crippen molar-refractivity contribution in [2.75, 3.05) is 32.8 Å². The lowest BCUT2D eigenvalue weighted by atomic mass is 10.0. The van der Waals surface area contributed by atoms with Crippen LogP contribution < -0.4 is 14.8 Å². The van der Waals surface area contributed by atoms with Gasteiger partial charge < -0.3 is 19.9 Å². The third kappa shape index (κ3) is 6.21. The van der Waals surface area contributed by atoms with E-state index in [0.29, 0.717) is 17.9 Å². The quantitative estimate of drug-likeness (QED) is 0.515. The molecule has 0 aromatic heterocycles. The fraction of sp³-hybridized carbons (Fsp3) is 0.280. The molecule has 0 spiro atoms. The van der Waals surface area contributed by atoms with Gasteiger partial charge in [-0.1, -0.05) is 42.5 Å². The summed E-state index contributed by atoms with van der Waals surface area (Å²) < 4.78 is 12.3. The minimum absolute atomic E-state index is 0. The predicted octanol–water partition coefficient (Wildman–Crippen LogP) is 5.02. The number of rotatable bonds is 8. The molecule has 0 amide bonds. The second-order valence-electron chi connectivity index (χ2n) is 7.35. The molecule has 1 aliphatic heterocycles.